The maximum Gasteiger partial charge on any atom is 0.122 e. The van der Waals surface area contributed by atoms with Crippen LogP contribution in [0, 0.1) is 0 Å². The molecule has 0 saturated heterocycles. The number of hydrogen-bond acceptors (Lipinski definition) is 2. The Bertz CT molecular complexity index is 339. The van der Waals surface area contributed by atoms with Gasteiger partial charge in [-0.2, -0.15) is 0 Å². The van der Waals surface area contributed by atoms with Gasteiger partial charge in [-0.3, -0.25) is 0 Å². The van der Waals surface area contributed by atoms with Crippen molar-refractivity contribution in [2.45, 2.75) is 38.9 Å². The van der Waals surface area contributed by atoms with Crippen LogP contribution in [0.5, 0.6) is 11.5 Å². The zero-order valence-electron chi connectivity index (χ0n) is 11.7. The summed E-state index contributed by atoms with van der Waals surface area (Å²) in [7, 11) is 2.06. The van der Waals surface area contributed by atoms with E-state index in [1.165, 1.54) is 24.1 Å². The second kappa shape index (κ2) is 6.10. The zero-order valence-corrected chi connectivity index (χ0v) is 12.7. The van der Waals surface area contributed by atoms with E-state index in [1.807, 2.05) is 6.07 Å². The van der Waals surface area contributed by atoms with E-state index in [-0.39, 0.29) is 0 Å². The van der Waals surface area contributed by atoms with E-state index in [0.717, 1.165) is 11.5 Å². The lowest BCUT2D eigenvalue weighted by Crippen LogP contribution is -2.41. The molecule has 0 aromatic heterocycles. The molecule has 0 aliphatic rings. The van der Waals surface area contributed by atoms with E-state index < -0.39 is 8.07 Å². The maximum atomic E-state index is 5.34. The summed E-state index contributed by atoms with van der Waals surface area (Å²) in [5, 5.41) is 1.42. The number of ether oxygens (including phenoxy) is 2. The normalized spacial score (nSPS) is 11.4. The molecule has 0 amide bonds. The summed E-state index contributed by atoms with van der Waals surface area (Å²) in [5.74, 6) is 1.80. The molecular weight excluding hydrogens is 228 g/mol. The number of hydrogen-bond donors (Lipinski definition) is 0. The van der Waals surface area contributed by atoms with Gasteiger partial charge >= 0.3 is 0 Å². The molecule has 0 fully saturated rings. The van der Waals surface area contributed by atoms with Crippen molar-refractivity contribution in [3.63, 3.8) is 0 Å². The molecule has 3 heteroatoms. The van der Waals surface area contributed by atoms with Crippen LogP contribution in [0.1, 0.15) is 19.8 Å². The standard InChI is InChI=1S/C14H24O2Si/c1-6-7-8-17(4,5)14-10-12(15-2)9-13(11-14)16-3/h9-11H,6-8H2,1-5H3. The van der Waals surface area contributed by atoms with Crippen molar-refractivity contribution in [1.82, 2.24) is 0 Å². The van der Waals surface area contributed by atoms with Crippen LogP contribution in [0.3, 0.4) is 0 Å². The third kappa shape index (κ3) is 3.77. The molecule has 0 atom stereocenters. The van der Waals surface area contributed by atoms with Crippen molar-refractivity contribution in [3.8, 4) is 11.5 Å². The zero-order chi connectivity index (χ0) is 12.9. The average Bonchev–Trinajstić information content (AvgIpc) is 2.35. The fourth-order valence-electron chi connectivity index (χ4n) is 1.96. The SMILES string of the molecule is CCCC[Si](C)(C)c1cc(OC)cc(OC)c1. The molecule has 0 unspecified atom stereocenters. The van der Waals surface area contributed by atoms with Gasteiger partial charge in [0.2, 0.25) is 0 Å². The van der Waals surface area contributed by atoms with Crippen LogP contribution in [0.4, 0.5) is 0 Å². The van der Waals surface area contributed by atoms with Crippen LogP contribution >= 0.6 is 0 Å². The van der Waals surface area contributed by atoms with E-state index >= 15 is 0 Å². The Hall–Kier alpha value is -0.963. The first-order chi connectivity index (χ1) is 8.03. The minimum atomic E-state index is -1.36. The van der Waals surface area contributed by atoms with E-state index in [0.29, 0.717) is 0 Å². The lowest BCUT2D eigenvalue weighted by atomic mass is 10.3. The highest BCUT2D eigenvalue weighted by Crippen LogP contribution is 2.22. The molecule has 0 saturated carbocycles. The number of benzene rings is 1. The van der Waals surface area contributed by atoms with Gasteiger partial charge in [-0.1, -0.05) is 44.1 Å². The van der Waals surface area contributed by atoms with Gasteiger partial charge in [-0.25, -0.2) is 0 Å². The Kier molecular flexibility index (Phi) is 5.06. The first kappa shape index (κ1) is 14.1. The summed E-state index contributed by atoms with van der Waals surface area (Å²) in [6, 6.07) is 7.60. The van der Waals surface area contributed by atoms with Crippen LogP contribution in [-0.2, 0) is 0 Å². The van der Waals surface area contributed by atoms with E-state index in [9.17, 15) is 0 Å². The fraction of sp³-hybridized carbons (Fsp3) is 0.571. The Balaban J connectivity index is 3.02. The van der Waals surface area contributed by atoms with Gasteiger partial charge in [0.05, 0.1) is 22.3 Å². The van der Waals surface area contributed by atoms with Crippen LogP contribution in [-0.4, -0.2) is 22.3 Å². The van der Waals surface area contributed by atoms with Gasteiger partial charge in [0.15, 0.2) is 0 Å². The maximum absolute atomic E-state index is 5.34. The number of methoxy groups -OCH3 is 2. The molecule has 96 valence electrons. The van der Waals surface area contributed by atoms with Crippen LogP contribution in [0.25, 0.3) is 0 Å². The molecule has 0 aliphatic carbocycles. The molecule has 0 spiro atoms. The van der Waals surface area contributed by atoms with Crippen LogP contribution in [0.2, 0.25) is 19.1 Å². The lowest BCUT2D eigenvalue weighted by molar-refractivity contribution is 0.395. The van der Waals surface area contributed by atoms with Crippen molar-refractivity contribution in [2.75, 3.05) is 14.2 Å². The smallest absolute Gasteiger partial charge is 0.122 e. The lowest BCUT2D eigenvalue weighted by Gasteiger charge is -2.24. The van der Waals surface area contributed by atoms with Gasteiger partial charge < -0.3 is 9.47 Å². The quantitative estimate of drug-likeness (QED) is 0.722. The summed E-state index contributed by atoms with van der Waals surface area (Å²) in [5.41, 5.74) is 0. The van der Waals surface area contributed by atoms with Gasteiger partial charge in [0, 0.05) is 6.07 Å². The predicted octanol–water partition coefficient (Wildman–Crippen LogP) is 3.42. The van der Waals surface area contributed by atoms with E-state index in [1.54, 1.807) is 14.2 Å². The third-order valence-corrected chi connectivity index (χ3v) is 6.74. The Morgan fingerprint density at radius 3 is 1.94 bits per heavy atom. The topological polar surface area (TPSA) is 18.5 Å². The Labute approximate surface area is 106 Å². The van der Waals surface area contributed by atoms with Crippen molar-refractivity contribution in [3.05, 3.63) is 18.2 Å². The summed E-state index contributed by atoms with van der Waals surface area (Å²) in [6.07, 6.45) is 2.57. The van der Waals surface area contributed by atoms with E-state index in [4.69, 9.17) is 9.47 Å². The molecule has 0 radical (unpaired) electrons. The highest BCUT2D eigenvalue weighted by Gasteiger charge is 2.23. The summed E-state index contributed by atoms with van der Waals surface area (Å²) in [6.45, 7) is 7.07. The average molecular weight is 252 g/mol. The van der Waals surface area contributed by atoms with Crippen LogP contribution in [0.15, 0.2) is 18.2 Å². The van der Waals surface area contributed by atoms with Gasteiger partial charge in [0.1, 0.15) is 11.5 Å². The second-order valence-electron chi connectivity index (χ2n) is 5.09. The Morgan fingerprint density at radius 2 is 1.53 bits per heavy atom. The second-order valence-corrected chi connectivity index (χ2v) is 9.93. The minimum absolute atomic E-state index is 0.899. The molecule has 1 rings (SSSR count). The van der Waals surface area contributed by atoms with Crippen molar-refractivity contribution < 1.29 is 9.47 Å². The van der Waals surface area contributed by atoms with Gasteiger partial charge in [0.25, 0.3) is 0 Å². The first-order valence-corrected chi connectivity index (χ1v) is 9.47. The minimum Gasteiger partial charge on any atom is -0.497 e. The summed E-state index contributed by atoms with van der Waals surface area (Å²) < 4.78 is 10.7. The number of unbranched alkanes of at least 4 members (excludes halogenated alkanes) is 1. The highest BCUT2D eigenvalue weighted by molar-refractivity contribution is 6.89. The van der Waals surface area contributed by atoms with Crippen molar-refractivity contribution in [2.24, 2.45) is 0 Å². The monoisotopic (exact) mass is 252 g/mol. The molecule has 0 bridgehead atoms. The third-order valence-electron chi connectivity index (χ3n) is 3.29. The highest BCUT2D eigenvalue weighted by atomic mass is 28.3. The largest absolute Gasteiger partial charge is 0.497 e. The van der Waals surface area contributed by atoms with Crippen LogP contribution < -0.4 is 14.7 Å². The molecule has 0 heterocycles. The predicted molar refractivity (Wildman–Crippen MR) is 76.4 cm³/mol. The number of rotatable bonds is 6. The Morgan fingerprint density at radius 1 is 1.00 bits per heavy atom. The molecular formula is C14H24O2Si. The molecule has 1 aromatic carbocycles. The molecule has 17 heavy (non-hydrogen) atoms. The van der Waals surface area contributed by atoms with E-state index in [2.05, 4.69) is 32.2 Å². The summed E-state index contributed by atoms with van der Waals surface area (Å²) >= 11 is 0. The first-order valence-electron chi connectivity index (χ1n) is 6.27. The fourth-order valence-corrected chi connectivity index (χ4v) is 4.55. The molecule has 2 nitrogen and oxygen atoms in total. The van der Waals surface area contributed by atoms with Crippen molar-refractivity contribution in [1.29, 1.82) is 0 Å². The van der Waals surface area contributed by atoms with Gasteiger partial charge in [-0.05, 0) is 12.1 Å². The molecule has 0 N–H and O–H groups in total. The van der Waals surface area contributed by atoms with Crippen molar-refractivity contribution >= 4 is 13.3 Å². The molecule has 0 aliphatic heterocycles. The van der Waals surface area contributed by atoms with Gasteiger partial charge in [-0.15, -0.1) is 0 Å². The summed E-state index contributed by atoms with van der Waals surface area (Å²) in [4.78, 5) is 0. The molecule has 1 aromatic rings.